The Morgan fingerprint density at radius 1 is 0.833 bits per heavy atom. The van der Waals surface area contributed by atoms with Crippen LogP contribution in [0.1, 0.15) is 20.8 Å². The number of ether oxygens (including phenoxy) is 4. The average molecular weight is 262 g/mol. The maximum Gasteiger partial charge on any atom is 0.163 e. The molecule has 0 fully saturated rings. The van der Waals surface area contributed by atoms with Crippen LogP contribution >= 0.6 is 0 Å². The molecule has 0 atom stereocenters. The monoisotopic (exact) mass is 262 g/mol. The van der Waals surface area contributed by atoms with Gasteiger partial charge in [0.2, 0.25) is 0 Å². The topological polar surface area (TPSA) is 54.0 Å². The van der Waals surface area contributed by atoms with E-state index < -0.39 is 0 Å². The summed E-state index contributed by atoms with van der Waals surface area (Å²) in [7, 11) is 1.63. The van der Waals surface area contributed by atoms with E-state index in [2.05, 4.69) is 0 Å². The van der Waals surface area contributed by atoms with Crippen molar-refractivity contribution in [1.29, 1.82) is 0 Å². The lowest BCUT2D eigenvalue weighted by molar-refractivity contribution is -0.131. The molecule has 0 saturated heterocycles. The molecule has 0 aromatic rings. The number of ketones is 1. The van der Waals surface area contributed by atoms with E-state index >= 15 is 0 Å². The van der Waals surface area contributed by atoms with Crippen LogP contribution in [0.15, 0.2) is 0 Å². The summed E-state index contributed by atoms with van der Waals surface area (Å²) in [4.78, 5) is 11.5. The minimum absolute atomic E-state index is 0.102. The third-order valence-electron chi connectivity index (χ3n) is 2.25. The Bertz CT molecular complexity index is 210. The van der Waals surface area contributed by atoms with Crippen LogP contribution in [0, 0.1) is 5.41 Å². The first-order valence-corrected chi connectivity index (χ1v) is 6.24. The molecule has 0 spiro atoms. The minimum atomic E-state index is -0.337. The third-order valence-corrected chi connectivity index (χ3v) is 2.25. The number of rotatable bonds is 11. The van der Waals surface area contributed by atoms with Gasteiger partial charge in [0.15, 0.2) is 5.78 Å². The van der Waals surface area contributed by atoms with E-state index in [9.17, 15) is 4.79 Å². The zero-order chi connectivity index (χ0) is 13.9. The van der Waals surface area contributed by atoms with Crippen LogP contribution in [0.5, 0.6) is 0 Å². The van der Waals surface area contributed by atoms with Gasteiger partial charge in [-0.2, -0.15) is 0 Å². The highest BCUT2D eigenvalue weighted by molar-refractivity contribution is 5.84. The summed E-state index contributed by atoms with van der Waals surface area (Å²) in [6.45, 7) is 8.95. The molecule has 0 aromatic carbocycles. The van der Waals surface area contributed by atoms with Gasteiger partial charge >= 0.3 is 0 Å². The second-order valence-corrected chi connectivity index (χ2v) is 4.94. The second kappa shape index (κ2) is 10.4. The molecule has 0 radical (unpaired) electrons. The summed E-state index contributed by atoms with van der Waals surface area (Å²) in [5.41, 5.74) is -0.337. The number of carbonyl (C=O) groups is 1. The van der Waals surface area contributed by atoms with Crippen LogP contribution in [0.2, 0.25) is 0 Å². The molecular weight excluding hydrogens is 236 g/mol. The summed E-state index contributed by atoms with van der Waals surface area (Å²) < 4.78 is 20.6. The highest BCUT2D eigenvalue weighted by Crippen LogP contribution is 2.14. The van der Waals surface area contributed by atoms with Crippen molar-refractivity contribution in [2.75, 3.05) is 53.4 Å². The lowest BCUT2D eigenvalue weighted by Crippen LogP contribution is -2.25. The first-order chi connectivity index (χ1) is 8.48. The van der Waals surface area contributed by atoms with Crippen LogP contribution in [-0.2, 0) is 23.7 Å². The van der Waals surface area contributed by atoms with Gasteiger partial charge in [0, 0.05) is 12.5 Å². The van der Waals surface area contributed by atoms with Crippen molar-refractivity contribution in [3.8, 4) is 0 Å². The zero-order valence-electron chi connectivity index (χ0n) is 12.0. The first kappa shape index (κ1) is 17.5. The van der Waals surface area contributed by atoms with E-state index in [1.54, 1.807) is 7.11 Å². The predicted molar refractivity (Wildman–Crippen MR) is 68.8 cm³/mol. The molecule has 0 amide bonds. The summed E-state index contributed by atoms with van der Waals surface area (Å²) in [5.74, 6) is 0.102. The Morgan fingerprint density at radius 2 is 1.28 bits per heavy atom. The molecule has 0 bridgehead atoms. The Hall–Kier alpha value is -0.490. The van der Waals surface area contributed by atoms with Gasteiger partial charge in [-0.1, -0.05) is 20.8 Å². The average Bonchev–Trinajstić information content (AvgIpc) is 2.30. The van der Waals surface area contributed by atoms with Crippen molar-refractivity contribution in [1.82, 2.24) is 0 Å². The summed E-state index contributed by atoms with van der Waals surface area (Å²) in [5, 5.41) is 0. The molecule has 18 heavy (non-hydrogen) atoms. The van der Waals surface area contributed by atoms with Gasteiger partial charge in [-0.3, -0.25) is 4.79 Å². The van der Waals surface area contributed by atoms with Gasteiger partial charge in [-0.25, -0.2) is 0 Å². The summed E-state index contributed by atoms with van der Waals surface area (Å²) in [6, 6.07) is 0. The van der Waals surface area contributed by atoms with Crippen molar-refractivity contribution in [2.24, 2.45) is 5.41 Å². The van der Waals surface area contributed by atoms with Gasteiger partial charge in [0.05, 0.1) is 39.6 Å². The van der Waals surface area contributed by atoms with Crippen molar-refractivity contribution >= 4 is 5.78 Å². The molecule has 0 aliphatic heterocycles. The second-order valence-electron chi connectivity index (χ2n) is 4.94. The van der Waals surface area contributed by atoms with Crippen molar-refractivity contribution in [3.63, 3.8) is 0 Å². The van der Waals surface area contributed by atoms with Crippen molar-refractivity contribution < 1.29 is 23.7 Å². The smallest absolute Gasteiger partial charge is 0.163 e. The lowest BCUT2D eigenvalue weighted by Gasteiger charge is -2.16. The van der Waals surface area contributed by atoms with Crippen LogP contribution in [0.4, 0.5) is 0 Å². The molecular formula is C13H26O5. The molecule has 0 unspecified atom stereocenters. The molecule has 5 heteroatoms. The van der Waals surface area contributed by atoms with E-state index in [0.29, 0.717) is 39.6 Å². The Balaban J connectivity index is 3.19. The highest BCUT2D eigenvalue weighted by atomic mass is 16.6. The van der Waals surface area contributed by atoms with E-state index in [1.165, 1.54) is 0 Å². The normalized spacial score (nSPS) is 11.8. The van der Waals surface area contributed by atoms with Gasteiger partial charge < -0.3 is 18.9 Å². The fourth-order valence-corrected chi connectivity index (χ4v) is 0.963. The van der Waals surface area contributed by atoms with Crippen molar-refractivity contribution in [2.45, 2.75) is 20.8 Å². The zero-order valence-corrected chi connectivity index (χ0v) is 12.0. The molecule has 0 rings (SSSR count). The standard InChI is InChI=1S/C13H26O5/c1-13(2,3)12(14)11-18-10-9-17-8-7-16-6-5-15-4/h5-11H2,1-4H3. The first-order valence-electron chi connectivity index (χ1n) is 6.24. The van der Waals surface area contributed by atoms with Crippen LogP contribution in [-0.4, -0.2) is 59.1 Å². The Kier molecular flexibility index (Phi) is 10.2. The third kappa shape index (κ3) is 10.7. The van der Waals surface area contributed by atoms with Crippen molar-refractivity contribution in [3.05, 3.63) is 0 Å². The molecule has 0 aromatic heterocycles. The van der Waals surface area contributed by atoms with E-state index in [4.69, 9.17) is 18.9 Å². The number of carbonyl (C=O) groups excluding carboxylic acids is 1. The molecule has 0 aliphatic carbocycles. The SMILES string of the molecule is COCCOCCOCCOCC(=O)C(C)(C)C. The van der Waals surface area contributed by atoms with E-state index in [-0.39, 0.29) is 17.8 Å². The van der Waals surface area contributed by atoms with Crippen LogP contribution < -0.4 is 0 Å². The minimum Gasteiger partial charge on any atom is -0.382 e. The largest absolute Gasteiger partial charge is 0.382 e. The number of hydrogen-bond donors (Lipinski definition) is 0. The quantitative estimate of drug-likeness (QED) is 0.525. The van der Waals surface area contributed by atoms with Crippen LogP contribution in [0.25, 0.3) is 0 Å². The number of hydrogen-bond acceptors (Lipinski definition) is 5. The van der Waals surface area contributed by atoms with E-state index in [0.717, 1.165) is 0 Å². The van der Waals surface area contributed by atoms with Crippen LogP contribution in [0.3, 0.4) is 0 Å². The maximum absolute atomic E-state index is 11.5. The maximum atomic E-state index is 11.5. The lowest BCUT2D eigenvalue weighted by atomic mass is 9.91. The molecule has 0 N–H and O–H groups in total. The fourth-order valence-electron chi connectivity index (χ4n) is 0.963. The molecule has 0 aliphatic rings. The number of methoxy groups -OCH3 is 1. The van der Waals surface area contributed by atoms with Gasteiger partial charge in [-0.05, 0) is 0 Å². The van der Waals surface area contributed by atoms with Gasteiger partial charge in [-0.15, -0.1) is 0 Å². The molecule has 0 heterocycles. The Labute approximate surface area is 110 Å². The Morgan fingerprint density at radius 3 is 1.72 bits per heavy atom. The molecule has 5 nitrogen and oxygen atoms in total. The summed E-state index contributed by atoms with van der Waals surface area (Å²) in [6.07, 6.45) is 0. The predicted octanol–water partition coefficient (Wildman–Crippen LogP) is 1.30. The summed E-state index contributed by atoms with van der Waals surface area (Å²) >= 11 is 0. The fraction of sp³-hybridized carbons (Fsp3) is 0.923. The highest BCUT2D eigenvalue weighted by Gasteiger charge is 2.20. The number of Topliss-reactive ketones (excluding diaryl/α,β-unsaturated/α-hetero) is 1. The van der Waals surface area contributed by atoms with Gasteiger partial charge in [0.1, 0.15) is 6.61 Å². The van der Waals surface area contributed by atoms with E-state index in [1.807, 2.05) is 20.8 Å². The molecule has 108 valence electrons. The molecule has 0 saturated carbocycles. The van der Waals surface area contributed by atoms with Gasteiger partial charge in [0.25, 0.3) is 0 Å².